The van der Waals surface area contributed by atoms with Crippen molar-refractivity contribution in [3.63, 3.8) is 0 Å². The van der Waals surface area contributed by atoms with Crippen LogP contribution in [0.15, 0.2) is 28.3 Å². The number of rotatable bonds is 0. The van der Waals surface area contributed by atoms with Crippen molar-refractivity contribution in [1.82, 2.24) is 0 Å². The Balaban J connectivity index is 2.36. The minimum Gasteiger partial charge on any atom is -0.292 e. The van der Waals surface area contributed by atoms with Crippen LogP contribution in [0.3, 0.4) is 0 Å². The van der Waals surface area contributed by atoms with Crippen LogP contribution in [0.25, 0.3) is 0 Å². The smallest absolute Gasteiger partial charge is 0.0988 e. The molecule has 0 unspecified atom stereocenters. The molecule has 2 heteroatoms. The highest BCUT2D eigenvalue weighted by molar-refractivity contribution is 5.75. The molecule has 1 heterocycles. The number of aliphatic imine (C=N–C) groups is 1. The van der Waals surface area contributed by atoms with E-state index in [-0.39, 0.29) is 0 Å². The second-order valence-electron chi connectivity index (χ2n) is 2.47. The zero-order valence-electron chi connectivity index (χ0n) is 5.41. The molecule has 0 spiro atoms. The molecule has 0 bridgehead atoms. The molecule has 1 atom stereocenters. The molecule has 1 aliphatic heterocycles. The van der Waals surface area contributed by atoms with E-state index >= 15 is 0 Å². The molecule has 0 aromatic rings. The first-order valence-corrected chi connectivity index (χ1v) is 3.22. The first kappa shape index (κ1) is 5.43. The van der Waals surface area contributed by atoms with Crippen molar-refractivity contribution in [3.8, 4) is 6.07 Å². The highest BCUT2D eigenvalue weighted by Crippen LogP contribution is 2.26. The Bertz CT molecular complexity index is 289. The van der Waals surface area contributed by atoms with Crippen LogP contribution in [0, 0.1) is 17.2 Å². The van der Waals surface area contributed by atoms with Crippen LogP contribution in [-0.2, 0) is 0 Å². The monoisotopic (exact) mass is 130 g/mol. The molecule has 48 valence electrons. The topological polar surface area (TPSA) is 36.1 Å². The van der Waals surface area contributed by atoms with Gasteiger partial charge < -0.3 is 0 Å². The molecule has 2 rings (SSSR count). The Morgan fingerprint density at radius 1 is 1.70 bits per heavy atom. The zero-order chi connectivity index (χ0) is 6.97. The Labute approximate surface area is 59.2 Å². The van der Waals surface area contributed by atoms with E-state index in [2.05, 4.69) is 11.1 Å². The lowest BCUT2D eigenvalue weighted by atomic mass is 10.1. The highest BCUT2D eigenvalue weighted by atomic mass is 14.7. The lowest BCUT2D eigenvalue weighted by molar-refractivity contribution is 1.07. The standard InChI is InChI=1S/C8H6N2/c9-3-6-1-7-4-10-5-8(7)2-6/h1-2,4,7H,5H2/t7-/m0/s1. The van der Waals surface area contributed by atoms with Gasteiger partial charge in [-0.3, -0.25) is 4.99 Å². The van der Waals surface area contributed by atoms with Gasteiger partial charge in [-0.05, 0) is 11.6 Å². The van der Waals surface area contributed by atoms with Crippen molar-refractivity contribution in [1.29, 1.82) is 5.26 Å². The fourth-order valence-electron chi connectivity index (χ4n) is 1.28. The average molecular weight is 130 g/mol. The van der Waals surface area contributed by atoms with Gasteiger partial charge >= 0.3 is 0 Å². The quantitative estimate of drug-likeness (QED) is 0.483. The van der Waals surface area contributed by atoms with E-state index in [0.717, 1.165) is 12.1 Å². The van der Waals surface area contributed by atoms with Gasteiger partial charge in [0.05, 0.1) is 12.6 Å². The molecule has 0 N–H and O–H groups in total. The summed E-state index contributed by atoms with van der Waals surface area (Å²) in [5.74, 6) is 0.342. The first-order valence-electron chi connectivity index (χ1n) is 3.22. The predicted molar refractivity (Wildman–Crippen MR) is 38.6 cm³/mol. The van der Waals surface area contributed by atoms with E-state index in [1.807, 2.05) is 18.4 Å². The summed E-state index contributed by atoms with van der Waals surface area (Å²) < 4.78 is 0. The van der Waals surface area contributed by atoms with E-state index < -0.39 is 0 Å². The molecule has 2 aliphatic rings. The zero-order valence-corrected chi connectivity index (χ0v) is 5.41. The normalized spacial score (nSPS) is 27.3. The molecular weight excluding hydrogens is 124 g/mol. The lowest BCUT2D eigenvalue weighted by Crippen LogP contribution is -1.91. The number of fused-ring (bicyclic) bond motifs is 1. The van der Waals surface area contributed by atoms with Crippen molar-refractivity contribution in [2.75, 3.05) is 6.54 Å². The maximum absolute atomic E-state index is 8.51. The van der Waals surface area contributed by atoms with Gasteiger partial charge in [-0.2, -0.15) is 5.26 Å². The van der Waals surface area contributed by atoms with Gasteiger partial charge in [0, 0.05) is 17.7 Å². The van der Waals surface area contributed by atoms with Crippen LogP contribution in [0.1, 0.15) is 0 Å². The van der Waals surface area contributed by atoms with E-state index in [9.17, 15) is 0 Å². The van der Waals surface area contributed by atoms with E-state index in [0.29, 0.717) is 5.92 Å². The van der Waals surface area contributed by atoms with Gasteiger partial charge in [-0.15, -0.1) is 0 Å². The van der Waals surface area contributed by atoms with Gasteiger partial charge in [-0.25, -0.2) is 0 Å². The van der Waals surface area contributed by atoms with Gasteiger partial charge in [0.15, 0.2) is 0 Å². The van der Waals surface area contributed by atoms with Crippen molar-refractivity contribution in [3.05, 3.63) is 23.3 Å². The molecule has 0 saturated carbocycles. The van der Waals surface area contributed by atoms with Gasteiger partial charge in [0.1, 0.15) is 0 Å². The number of allylic oxidation sites excluding steroid dienone is 3. The Hall–Kier alpha value is -1.36. The maximum Gasteiger partial charge on any atom is 0.0988 e. The molecule has 10 heavy (non-hydrogen) atoms. The molecule has 0 fully saturated rings. The van der Waals surface area contributed by atoms with E-state index in [1.54, 1.807) is 0 Å². The molecule has 2 nitrogen and oxygen atoms in total. The largest absolute Gasteiger partial charge is 0.292 e. The summed E-state index contributed by atoms with van der Waals surface area (Å²) in [4.78, 5) is 4.09. The van der Waals surface area contributed by atoms with Crippen molar-refractivity contribution in [2.24, 2.45) is 10.9 Å². The molecule has 0 amide bonds. The van der Waals surface area contributed by atoms with Crippen molar-refractivity contribution < 1.29 is 0 Å². The Morgan fingerprint density at radius 2 is 2.60 bits per heavy atom. The van der Waals surface area contributed by atoms with Crippen molar-refractivity contribution in [2.45, 2.75) is 0 Å². The second kappa shape index (κ2) is 1.81. The molecule has 1 aliphatic carbocycles. The summed E-state index contributed by atoms with van der Waals surface area (Å²) in [6.07, 6.45) is 5.78. The summed E-state index contributed by atoms with van der Waals surface area (Å²) in [6, 6.07) is 2.12. The third-order valence-corrected chi connectivity index (χ3v) is 1.80. The maximum atomic E-state index is 8.51. The third kappa shape index (κ3) is 0.608. The van der Waals surface area contributed by atoms with Crippen LogP contribution < -0.4 is 0 Å². The minimum absolute atomic E-state index is 0.342. The predicted octanol–water partition coefficient (Wildman–Crippen LogP) is 1.08. The van der Waals surface area contributed by atoms with Gasteiger partial charge in [0.25, 0.3) is 0 Å². The fraction of sp³-hybridized carbons (Fsp3) is 0.250. The first-order chi connectivity index (χ1) is 4.90. The summed E-state index contributed by atoms with van der Waals surface area (Å²) in [5.41, 5.74) is 2.04. The molecule has 0 saturated heterocycles. The third-order valence-electron chi connectivity index (χ3n) is 1.80. The van der Waals surface area contributed by atoms with Crippen LogP contribution in [0.4, 0.5) is 0 Å². The van der Waals surface area contributed by atoms with Crippen LogP contribution in [-0.4, -0.2) is 12.8 Å². The van der Waals surface area contributed by atoms with E-state index in [1.165, 1.54) is 5.57 Å². The second-order valence-corrected chi connectivity index (χ2v) is 2.47. The summed E-state index contributed by atoms with van der Waals surface area (Å²) in [7, 11) is 0. The lowest BCUT2D eigenvalue weighted by Gasteiger charge is -1.92. The molecule has 0 aromatic carbocycles. The summed E-state index contributed by atoms with van der Waals surface area (Å²) in [5, 5.41) is 8.51. The number of hydrogen-bond acceptors (Lipinski definition) is 2. The summed E-state index contributed by atoms with van der Waals surface area (Å²) in [6.45, 7) is 0.784. The van der Waals surface area contributed by atoms with Gasteiger partial charge in [-0.1, -0.05) is 6.08 Å². The van der Waals surface area contributed by atoms with Crippen molar-refractivity contribution >= 4 is 6.21 Å². The average Bonchev–Trinajstić information content (AvgIpc) is 2.42. The minimum atomic E-state index is 0.342. The van der Waals surface area contributed by atoms with Crippen LogP contribution >= 0.6 is 0 Å². The highest BCUT2D eigenvalue weighted by Gasteiger charge is 2.19. The SMILES string of the molecule is N#CC1=C[C@H]2C=NCC2=C1. The number of nitrogens with zero attached hydrogens (tertiary/aromatic N) is 2. The molecule has 0 aromatic heterocycles. The Morgan fingerprint density at radius 3 is 3.30 bits per heavy atom. The summed E-state index contributed by atoms with van der Waals surface area (Å²) >= 11 is 0. The Kier molecular flexibility index (Phi) is 0.983. The van der Waals surface area contributed by atoms with Gasteiger partial charge in [0.2, 0.25) is 0 Å². The molecule has 0 radical (unpaired) electrons. The fourth-order valence-corrected chi connectivity index (χ4v) is 1.28. The molecular formula is C8H6N2. The number of nitriles is 1. The number of hydrogen-bond donors (Lipinski definition) is 0. The van der Waals surface area contributed by atoms with Crippen LogP contribution in [0.5, 0.6) is 0 Å². The van der Waals surface area contributed by atoms with E-state index in [4.69, 9.17) is 5.26 Å². The van der Waals surface area contributed by atoms with Crippen LogP contribution in [0.2, 0.25) is 0 Å².